The molecular weight excluding hydrogens is 607 g/mol. The van der Waals surface area contributed by atoms with Gasteiger partial charge in [-0.15, -0.1) is 0 Å². The first kappa shape index (κ1) is 28.1. The van der Waals surface area contributed by atoms with Gasteiger partial charge in [0.05, 0.1) is 32.7 Å². The fourth-order valence-electron chi connectivity index (χ4n) is 4.62. The number of nitrogens with one attached hydrogen (secondary N) is 1. The second kappa shape index (κ2) is 12.3. The topological polar surface area (TPSA) is 72.0 Å². The van der Waals surface area contributed by atoms with Crippen molar-refractivity contribution >= 4 is 39.9 Å². The van der Waals surface area contributed by atoms with Crippen LogP contribution in [0.25, 0.3) is 0 Å². The molecule has 1 fully saturated rings. The van der Waals surface area contributed by atoms with Crippen molar-refractivity contribution in [2.24, 2.45) is 0 Å². The summed E-state index contributed by atoms with van der Waals surface area (Å²) in [5.41, 5.74) is 3.65. The van der Waals surface area contributed by atoms with Crippen molar-refractivity contribution in [3.05, 3.63) is 56.4 Å². The second-order valence-electron chi connectivity index (χ2n) is 9.13. The van der Waals surface area contributed by atoms with Crippen molar-refractivity contribution < 1.29 is 23.0 Å². The lowest BCUT2D eigenvalue weighted by molar-refractivity contribution is 0.312. The smallest absolute Gasteiger partial charge is 0.227 e. The summed E-state index contributed by atoms with van der Waals surface area (Å²) in [6.45, 7) is 6.02. The number of likely N-dealkylation sites (N-methyl/N-ethyl adjacent to an activating group) is 1. The van der Waals surface area contributed by atoms with Gasteiger partial charge in [0.15, 0.2) is 23.1 Å². The van der Waals surface area contributed by atoms with Gasteiger partial charge in [0, 0.05) is 59.3 Å². The van der Waals surface area contributed by atoms with Crippen LogP contribution >= 0.6 is 22.6 Å². The van der Waals surface area contributed by atoms with Crippen LogP contribution in [0.5, 0.6) is 17.2 Å². The number of anilines is 3. The van der Waals surface area contributed by atoms with Gasteiger partial charge in [-0.1, -0.05) is 0 Å². The minimum atomic E-state index is -0.734. The number of aryl methyl sites for hydroxylation is 1. The number of nitrogens with zero attached hydrogens (tertiary/aromatic N) is 4. The highest BCUT2D eigenvalue weighted by Gasteiger charge is 2.23. The molecule has 1 N–H and O–H groups in total. The van der Waals surface area contributed by atoms with Crippen LogP contribution in [0.4, 0.5) is 26.1 Å². The quantitative estimate of drug-likeness (QED) is 0.329. The minimum Gasteiger partial charge on any atom is -0.494 e. The molecule has 204 valence electrons. The van der Waals surface area contributed by atoms with Gasteiger partial charge in [-0.2, -0.15) is 0 Å². The number of hydrogen-bond acceptors (Lipinski definition) is 8. The number of benzene rings is 2. The molecule has 1 aromatic heterocycles. The van der Waals surface area contributed by atoms with Crippen molar-refractivity contribution in [2.45, 2.75) is 19.8 Å². The van der Waals surface area contributed by atoms with E-state index in [-0.39, 0.29) is 23.5 Å². The van der Waals surface area contributed by atoms with Crippen molar-refractivity contribution in [3.8, 4) is 17.2 Å². The van der Waals surface area contributed by atoms with Crippen molar-refractivity contribution in [3.63, 3.8) is 0 Å². The Kier molecular flexibility index (Phi) is 9.08. The molecule has 2 aromatic carbocycles. The average Bonchev–Trinajstić information content (AvgIpc) is 2.91. The van der Waals surface area contributed by atoms with E-state index in [1.54, 1.807) is 19.5 Å². The van der Waals surface area contributed by atoms with E-state index in [2.05, 4.69) is 61.6 Å². The lowest BCUT2D eigenvalue weighted by Gasteiger charge is -2.36. The van der Waals surface area contributed by atoms with Gasteiger partial charge >= 0.3 is 0 Å². The fraction of sp³-hybridized carbons (Fsp3) is 0.407. The van der Waals surface area contributed by atoms with Crippen LogP contribution < -0.4 is 24.4 Å². The van der Waals surface area contributed by atoms with Gasteiger partial charge in [-0.25, -0.2) is 18.7 Å². The first-order valence-electron chi connectivity index (χ1n) is 12.2. The maximum absolute atomic E-state index is 14.7. The van der Waals surface area contributed by atoms with Gasteiger partial charge < -0.3 is 29.3 Å². The summed E-state index contributed by atoms with van der Waals surface area (Å²) in [5, 5.41) is 3.26. The molecule has 1 aliphatic rings. The third kappa shape index (κ3) is 5.88. The molecule has 0 saturated carbocycles. The van der Waals surface area contributed by atoms with E-state index in [0.29, 0.717) is 12.4 Å². The average molecular weight is 639 g/mol. The predicted molar refractivity (Wildman–Crippen MR) is 152 cm³/mol. The van der Waals surface area contributed by atoms with E-state index in [0.717, 1.165) is 52.3 Å². The summed E-state index contributed by atoms with van der Waals surface area (Å²) in [6, 6.07) is 3.24. The standard InChI is InChI=1S/C27H32F2IN5O3/c1-16-25(35-10-8-34(2)9-11-35)19(30)12-20(26(16)38-5)33-27-31-14-17(15-32-27)6-7-18-23(28)21(36-3)13-22(37-4)24(18)29/h12-15H,6-11H2,1-5H3,(H,31,32,33). The third-order valence-electron chi connectivity index (χ3n) is 6.74. The molecule has 1 aliphatic heterocycles. The molecule has 0 unspecified atom stereocenters. The number of piperazine rings is 1. The van der Waals surface area contributed by atoms with Crippen molar-refractivity contribution in [2.75, 3.05) is 64.8 Å². The van der Waals surface area contributed by atoms with Gasteiger partial charge in [0.2, 0.25) is 5.95 Å². The van der Waals surface area contributed by atoms with Crippen molar-refractivity contribution in [1.29, 1.82) is 0 Å². The Bertz CT molecular complexity index is 1260. The molecule has 0 bridgehead atoms. The summed E-state index contributed by atoms with van der Waals surface area (Å²) in [7, 11) is 6.46. The number of aromatic nitrogens is 2. The Morgan fingerprint density at radius 1 is 0.921 bits per heavy atom. The molecule has 0 aliphatic carbocycles. The van der Waals surface area contributed by atoms with Gasteiger partial charge in [0.25, 0.3) is 0 Å². The molecule has 38 heavy (non-hydrogen) atoms. The molecule has 8 nitrogen and oxygen atoms in total. The number of rotatable bonds is 9. The van der Waals surface area contributed by atoms with Crippen LogP contribution in [0, 0.1) is 22.1 Å². The van der Waals surface area contributed by atoms with Crippen LogP contribution in [0.1, 0.15) is 16.7 Å². The number of ether oxygens (including phenoxy) is 3. The molecule has 11 heteroatoms. The Morgan fingerprint density at radius 3 is 2.08 bits per heavy atom. The SMILES string of the molecule is COc1cc(OC)c(F)c(CCc2cnc(Nc3cc(I)c(N4CCN(C)CC4)c(C)c3OC)nc2)c1F. The predicted octanol–water partition coefficient (Wildman–Crippen LogP) is 4.97. The van der Waals surface area contributed by atoms with Crippen LogP contribution in [0.15, 0.2) is 24.5 Å². The van der Waals surface area contributed by atoms with E-state index in [9.17, 15) is 8.78 Å². The van der Waals surface area contributed by atoms with Crippen LogP contribution in [-0.2, 0) is 12.8 Å². The van der Waals surface area contributed by atoms with Crippen LogP contribution in [-0.4, -0.2) is 69.4 Å². The van der Waals surface area contributed by atoms with E-state index < -0.39 is 11.6 Å². The van der Waals surface area contributed by atoms with Gasteiger partial charge in [-0.3, -0.25) is 0 Å². The molecule has 4 rings (SSSR count). The molecule has 0 spiro atoms. The number of methoxy groups -OCH3 is 3. The summed E-state index contributed by atoms with van der Waals surface area (Å²) >= 11 is 2.36. The summed E-state index contributed by atoms with van der Waals surface area (Å²) in [4.78, 5) is 13.6. The van der Waals surface area contributed by atoms with Crippen molar-refractivity contribution in [1.82, 2.24) is 14.9 Å². The maximum atomic E-state index is 14.7. The molecule has 2 heterocycles. The molecule has 3 aromatic rings. The molecular formula is C27H32F2IN5O3. The second-order valence-corrected chi connectivity index (χ2v) is 10.3. The van der Waals surface area contributed by atoms with E-state index >= 15 is 0 Å². The normalized spacial score (nSPS) is 13.9. The Labute approximate surface area is 235 Å². The minimum absolute atomic E-state index is 0.0634. The van der Waals surface area contributed by atoms with Gasteiger partial charge in [-0.05, 0) is 61.0 Å². The Morgan fingerprint density at radius 2 is 1.53 bits per heavy atom. The first-order chi connectivity index (χ1) is 18.3. The molecule has 0 radical (unpaired) electrons. The lowest BCUT2D eigenvalue weighted by atomic mass is 10.0. The Hall–Kier alpha value is -2.93. The lowest BCUT2D eigenvalue weighted by Crippen LogP contribution is -2.45. The largest absolute Gasteiger partial charge is 0.494 e. The number of halogens is 3. The summed E-state index contributed by atoms with van der Waals surface area (Å²) in [5.74, 6) is -0.456. The van der Waals surface area contributed by atoms with Crippen LogP contribution in [0.3, 0.4) is 0 Å². The first-order valence-corrected chi connectivity index (χ1v) is 13.3. The molecule has 0 atom stereocenters. The van der Waals surface area contributed by atoms with Gasteiger partial charge in [0.1, 0.15) is 5.75 Å². The monoisotopic (exact) mass is 639 g/mol. The fourth-order valence-corrected chi connectivity index (χ4v) is 5.67. The highest BCUT2D eigenvalue weighted by molar-refractivity contribution is 14.1. The summed E-state index contributed by atoms with van der Waals surface area (Å²) in [6.07, 6.45) is 3.72. The van der Waals surface area contributed by atoms with E-state index in [1.807, 2.05) is 6.07 Å². The summed E-state index contributed by atoms with van der Waals surface area (Å²) < 4.78 is 46.3. The molecule has 0 amide bonds. The third-order valence-corrected chi connectivity index (χ3v) is 7.56. The zero-order valence-corrected chi connectivity index (χ0v) is 24.4. The number of hydrogen-bond donors (Lipinski definition) is 1. The highest BCUT2D eigenvalue weighted by Crippen LogP contribution is 2.40. The van der Waals surface area contributed by atoms with Crippen LogP contribution in [0.2, 0.25) is 0 Å². The molecule has 1 saturated heterocycles. The zero-order valence-electron chi connectivity index (χ0n) is 22.2. The maximum Gasteiger partial charge on any atom is 0.227 e. The van der Waals surface area contributed by atoms with E-state index in [4.69, 9.17) is 14.2 Å². The van der Waals surface area contributed by atoms with E-state index in [1.165, 1.54) is 26.0 Å². The zero-order chi connectivity index (χ0) is 27.4. The highest BCUT2D eigenvalue weighted by atomic mass is 127. The Balaban J connectivity index is 1.50.